The van der Waals surface area contributed by atoms with Gasteiger partial charge < -0.3 is 4.74 Å². The fraction of sp³-hybridized carbons (Fsp3) is 0.150. The minimum absolute atomic E-state index is 0.0325. The van der Waals surface area contributed by atoms with Gasteiger partial charge in [-0.1, -0.05) is 46.9 Å². The summed E-state index contributed by atoms with van der Waals surface area (Å²) in [6.45, 7) is 0.173. The highest BCUT2D eigenvalue weighted by Crippen LogP contribution is 2.34. The Kier molecular flexibility index (Phi) is 6.07. The summed E-state index contributed by atoms with van der Waals surface area (Å²) in [5.41, 5.74) is 0.607. The lowest BCUT2D eigenvalue weighted by Crippen LogP contribution is -2.38. The number of ketones is 1. The topological polar surface area (TPSA) is 89.5 Å². The van der Waals surface area contributed by atoms with Gasteiger partial charge in [-0.15, -0.1) is 5.10 Å². The maximum atomic E-state index is 13.2. The smallest absolute Gasteiger partial charge is 0.264 e. The zero-order chi connectivity index (χ0) is 22.2. The summed E-state index contributed by atoms with van der Waals surface area (Å²) in [6, 6.07) is 12.2. The van der Waals surface area contributed by atoms with E-state index in [1.54, 1.807) is 30.3 Å². The number of benzene rings is 2. The molecule has 1 aliphatic rings. The number of hydrogen-bond acceptors (Lipinski definition) is 6. The van der Waals surface area contributed by atoms with Crippen LogP contribution in [0.1, 0.15) is 16.1 Å². The Morgan fingerprint density at radius 3 is 2.45 bits per heavy atom. The average molecular weight is 499 g/mol. The van der Waals surface area contributed by atoms with E-state index in [0.29, 0.717) is 5.02 Å². The van der Waals surface area contributed by atoms with Gasteiger partial charge in [0.25, 0.3) is 15.9 Å². The van der Waals surface area contributed by atoms with Crippen LogP contribution < -0.4 is 9.04 Å². The second kappa shape index (κ2) is 8.63. The zero-order valence-corrected chi connectivity index (χ0v) is 18.8. The van der Waals surface area contributed by atoms with Crippen LogP contribution in [0.15, 0.2) is 53.4 Å². The van der Waals surface area contributed by atoms with E-state index in [9.17, 15) is 13.2 Å². The first kappa shape index (κ1) is 21.8. The highest BCUT2D eigenvalue weighted by molar-refractivity contribution is 7.92. The molecule has 0 aliphatic carbocycles. The summed E-state index contributed by atoms with van der Waals surface area (Å²) in [4.78, 5) is 12.8. The predicted molar refractivity (Wildman–Crippen MR) is 118 cm³/mol. The minimum atomic E-state index is -3.93. The van der Waals surface area contributed by atoms with Gasteiger partial charge in [0.2, 0.25) is 0 Å². The Labute approximate surface area is 193 Å². The van der Waals surface area contributed by atoms with E-state index in [1.807, 2.05) is 0 Å². The summed E-state index contributed by atoms with van der Waals surface area (Å²) in [7, 11) is -3.93. The van der Waals surface area contributed by atoms with Gasteiger partial charge >= 0.3 is 0 Å². The summed E-state index contributed by atoms with van der Waals surface area (Å²) >= 11 is 18.2. The first-order valence-corrected chi connectivity index (χ1v) is 11.6. The molecule has 0 spiro atoms. The molecule has 4 rings (SSSR count). The van der Waals surface area contributed by atoms with Crippen LogP contribution in [0.25, 0.3) is 0 Å². The van der Waals surface area contributed by atoms with E-state index < -0.39 is 10.0 Å². The number of halogens is 3. The Balaban J connectivity index is 1.69. The van der Waals surface area contributed by atoms with Gasteiger partial charge in [0, 0.05) is 5.02 Å². The average Bonchev–Trinajstić information content (AvgIpc) is 2.73. The molecule has 0 radical (unpaired) electrons. The number of Topliss-reactive ketones (excluding diaryl/α,β-unsaturated/α-hetero) is 1. The molecule has 0 unspecified atom stereocenters. The van der Waals surface area contributed by atoms with Crippen molar-refractivity contribution in [3.05, 3.63) is 74.9 Å². The molecule has 31 heavy (non-hydrogen) atoms. The monoisotopic (exact) mass is 497 g/mol. The van der Waals surface area contributed by atoms with Crippen LogP contribution in [-0.4, -0.2) is 37.6 Å². The molecular weight excluding hydrogens is 485 g/mol. The third-order valence-corrected chi connectivity index (χ3v) is 7.24. The highest BCUT2D eigenvalue weighted by atomic mass is 35.5. The molecule has 0 atom stereocenters. The molecule has 2 heterocycles. The van der Waals surface area contributed by atoms with Crippen molar-refractivity contribution in [1.82, 2.24) is 10.2 Å². The maximum Gasteiger partial charge on any atom is 0.264 e. The fourth-order valence-corrected chi connectivity index (χ4v) is 5.49. The van der Waals surface area contributed by atoms with E-state index in [-0.39, 0.29) is 63.1 Å². The molecule has 3 aromatic rings. The number of ether oxygens (including phenoxy) is 1. The largest absolute Gasteiger partial charge is 0.473 e. The summed E-state index contributed by atoms with van der Waals surface area (Å²) in [6.07, 6.45) is -0.172. The molecular formula is C20H14Cl3N3O4S. The minimum Gasteiger partial charge on any atom is -0.473 e. The Bertz CT molecular complexity index is 1260. The first-order chi connectivity index (χ1) is 14.8. The summed E-state index contributed by atoms with van der Waals surface area (Å²) < 4.78 is 33.0. The number of carbonyl (C=O) groups excluding carboxylic acids is 1. The molecule has 160 valence electrons. The molecule has 0 N–H and O–H groups in total. The van der Waals surface area contributed by atoms with E-state index in [1.165, 1.54) is 22.5 Å². The molecule has 0 saturated heterocycles. The van der Waals surface area contributed by atoms with Gasteiger partial charge in [0.1, 0.15) is 12.3 Å². The van der Waals surface area contributed by atoms with Crippen LogP contribution >= 0.6 is 34.8 Å². The van der Waals surface area contributed by atoms with Crippen molar-refractivity contribution < 1.29 is 17.9 Å². The quantitative estimate of drug-likeness (QED) is 0.483. The molecule has 0 fully saturated rings. The number of anilines is 1. The van der Waals surface area contributed by atoms with Crippen LogP contribution in [0.3, 0.4) is 0 Å². The Morgan fingerprint density at radius 2 is 1.74 bits per heavy atom. The third-order valence-electron chi connectivity index (χ3n) is 4.56. The van der Waals surface area contributed by atoms with Crippen LogP contribution in [0.2, 0.25) is 15.1 Å². The number of hydrogen-bond donors (Lipinski definition) is 0. The number of sulfonamides is 1. The van der Waals surface area contributed by atoms with Gasteiger partial charge in [-0.2, -0.15) is 5.10 Å². The van der Waals surface area contributed by atoms with Gasteiger partial charge in [-0.25, -0.2) is 8.42 Å². The van der Waals surface area contributed by atoms with Crippen LogP contribution in [0.5, 0.6) is 5.88 Å². The van der Waals surface area contributed by atoms with Gasteiger partial charge in [-0.3, -0.25) is 9.10 Å². The lowest BCUT2D eigenvalue weighted by molar-refractivity contribution is 0.0992. The van der Waals surface area contributed by atoms with E-state index in [2.05, 4.69) is 10.2 Å². The summed E-state index contributed by atoms with van der Waals surface area (Å²) in [5, 5.41) is 8.69. The number of fused-ring (bicyclic) bond motifs is 1. The highest BCUT2D eigenvalue weighted by Gasteiger charge is 2.32. The number of carbonyl (C=O) groups is 1. The van der Waals surface area contributed by atoms with Gasteiger partial charge in [0.05, 0.1) is 39.2 Å². The molecule has 11 heteroatoms. The van der Waals surface area contributed by atoms with E-state index in [4.69, 9.17) is 39.5 Å². The molecule has 0 amide bonds. The van der Waals surface area contributed by atoms with Crippen molar-refractivity contribution in [3.63, 3.8) is 0 Å². The SMILES string of the molecule is O=C(Cc1cc2c(nn1)OCCN2S(=O)(=O)c1cccc(Cl)c1)c1c(Cl)cccc1Cl. The van der Waals surface area contributed by atoms with Crippen molar-refractivity contribution in [2.45, 2.75) is 11.3 Å². The van der Waals surface area contributed by atoms with E-state index >= 15 is 0 Å². The predicted octanol–water partition coefficient (Wildman–Crippen LogP) is 4.45. The Hall–Kier alpha value is -2.39. The number of aromatic nitrogens is 2. The first-order valence-electron chi connectivity index (χ1n) is 9.02. The Morgan fingerprint density at radius 1 is 1.03 bits per heavy atom. The standard InChI is InChI=1S/C20H14Cl3N3O4S/c21-12-3-1-4-14(9-12)31(28,29)26-7-8-30-20-17(26)10-13(24-25-20)11-18(27)19-15(22)5-2-6-16(19)23/h1-6,9-10H,7-8,11H2. The van der Waals surface area contributed by atoms with Crippen LogP contribution in [0, 0.1) is 0 Å². The van der Waals surface area contributed by atoms with Crippen molar-refractivity contribution >= 4 is 56.3 Å². The number of nitrogens with zero attached hydrogens (tertiary/aromatic N) is 3. The number of rotatable bonds is 5. The molecule has 0 bridgehead atoms. The van der Waals surface area contributed by atoms with Crippen molar-refractivity contribution in [2.75, 3.05) is 17.5 Å². The normalized spacial score (nSPS) is 13.5. The van der Waals surface area contributed by atoms with Crippen LogP contribution in [-0.2, 0) is 16.4 Å². The van der Waals surface area contributed by atoms with Crippen molar-refractivity contribution in [3.8, 4) is 5.88 Å². The van der Waals surface area contributed by atoms with Crippen LogP contribution in [0.4, 0.5) is 5.69 Å². The third kappa shape index (κ3) is 4.34. The zero-order valence-electron chi connectivity index (χ0n) is 15.8. The van der Waals surface area contributed by atoms with E-state index in [0.717, 1.165) is 0 Å². The molecule has 0 saturated carbocycles. The lowest BCUT2D eigenvalue weighted by atomic mass is 10.1. The van der Waals surface area contributed by atoms with Crippen molar-refractivity contribution in [2.24, 2.45) is 0 Å². The maximum absolute atomic E-state index is 13.2. The summed E-state index contributed by atoms with van der Waals surface area (Å²) in [5.74, 6) is -0.311. The molecule has 7 nitrogen and oxygen atoms in total. The fourth-order valence-electron chi connectivity index (χ4n) is 3.14. The second-order valence-corrected chi connectivity index (χ2v) is 9.72. The molecule has 2 aromatic carbocycles. The second-order valence-electron chi connectivity index (χ2n) is 6.61. The molecule has 1 aromatic heterocycles. The van der Waals surface area contributed by atoms with Gasteiger partial charge in [0.15, 0.2) is 5.78 Å². The molecule has 1 aliphatic heterocycles. The van der Waals surface area contributed by atoms with Crippen molar-refractivity contribution in [1.29, 1.82) is 0 Å². The lowest BCUT2D eigenvalue weighted by Gasteiger charge is -2.29. The van der Waals surface area contributed by atoms with Gasteiger partial charge in [-0.05, 0) is 36.4 Å².